The highest BCUT2D eigenvalue weighted by Gasteiger charge is 2.20. The van der Waals surface area contributed by atoms with E-state index in [9.17, 15) is 9.18 Å². The molecule has 0 fully saturated rings. The molecule has 1 aromatic carbocycles. The Labute approximate surface area is 116 Å². The van der Waals surface area contributed by atoms with Crippen molar-refractivity contribution in [2.45, 2.75) is 0 Å². The van der Waals surface area contributed by atoms with E-state index in [1.165, 1.54) is 24.4 Å². The number of ketones is 1. The van der Waals surface area contributed by atoms with Crippen LogP contribution in [0.1, 0.15) is 16.1 Å². The zero-order valence-corrected chi connectivity index (χ0v) is 11.3. The molecule has 18 heavy (non-hydrogen) atoms. The highest BCUT2D eigenvalue weighted by atomic mass is 79.9. The van der Waals surface area contributed by atoms with Crippen LogP contribution in [-0.4, -0.2) is 10.8 Å². The van der Waals surface area contributed by atoms with E-state index in [2.05, 4.69) is 20.9 Å². The van der Waals surface area contributed by atoms with Crippen molar-refractivity contribution in [1.29, 1.82) is 0 Å². The van der Waals surface area contributed by atoms with Gasteiger partial charge >= 0.3 is 0 Å². The first-order valence-corrected chi connectivity index (χ1v) is 6.08. The Kier molecular flexibility index (Phi) is 3.63. The fourth-order valence-electron chi connectivity index (χ4n) is 1.44. The molecule has 2 N–H and O–H groups in total. The van der Waals surface area contributed by atoms with Crippen LogP contribution in [-0.2, 0) is 0 Å². The normalized spacial score (nSPS) is 10.4. The summed E-state index contributed by atoms with van der Waals surface area (Å²) in [5.74, 6) is -1.39. The molecule has 0 aliphatic heterocycles. The molecule has 3 nitrogen and oxygen atoms in total. The Morgan fingerprint density at radius 3 is 2.78 bits per heavy atom. The van der Waals surface area contributed by atoms with Crippen LogP contribution in [0.5, 0.6) is 0 Å². The van der Waals surface area contributed by atoms with Crippen molar-refractivity contribution in [3.63, 3.8) is 0 Å². The lowest BCUT2D eigenvalue weighted by Crippen LogP contribution is -2.10. The van der Waals surface area contributed by atoms with Crippen LogP contribution in [0.2, 0.25) is 5.02 Å². The maximum Gasteiger partial charge on any atom is 0.216 e. The van der Waals surface area contributed by atoms with Crippen LogP contribution in [0.3, 0.4) is 0 Å². The Morgan fingerprint density at radius 1 is 1.39 bits per heavy atom. The smallest absolute Gasteiger partial charge is 0.216 e. The number of hydrogen-bond acceptors (Lipinski definition) is 3. The number of halogens is 3. The number of benzene rings is 1. The monoisotopic (exact) mass is 328 g/mol. The van der Waals surface area contributed by atoms with E-state index in [0.717, 1.165) is 0 Å². The van der Waals surface area contributed by atoms with Crippen LogP contribution in [0.4, 0.5) is 10.1 Å². The molecule has 0 saturated heterocycles. The van der Waals surface area contributed by atoms with Gasteiger partial charge in [-0.3, -0.25) is 9.78 Å². The molecule has 6 heteroatoms. The summed E-state index contributed by atoms with van der Waals surface area (Å²) in [4.78, 5) is 15.9. The van der Waals surface area contributed by atoms with Crippen molar-refractivity contribution in [2.75, 3.05) is 5.73 Å². The minimum Gasteiger partial charge on any atom is -0.397 e. The molecule has 0 radical (unpaired) electrons. The van der Waals surface area contributed by atoms with E-state index in [1.54, 1.807) is 6.07 Å². The topological polar surface area (TPSA) is 56.0 Å². The molecule has 2 aromatic rings. The molecule has 0 atom stereocenters. The third-order valence-corrected chi connectivity index (χ3v) is 3.59. The number of pyridine rings is 1. The Balaban J connectivity index is 2.54. The first kappa shape index (κ1) is 13.0. The molecule has 0 unspecified atom stereocenters. The maximum atomic E-state index is 13.9. The molecule has 0 amide bonds. The summed E-state index contributed by atoms with van der Waals surface area (Å²) >= 11 is 8.80. The van der Waals surface area contributed by atoms with Gasteiger partial charge in [0.25, 0.3) is 0 Å². The van der Waals surface area contributed by atoms with Gasteiger partial charge in [0.15, 0.2) is 5.82 Å². The lowest BCUT2D eigenvalue weighted by Gasteiger charge is -2.06. The zero-order valence-electron chi connectivity index (χ0n) is 8.95. The number of nitrogens with zero attached hydrogens (tertiary/aromatic N) is 1. The Hall–Kier alpha value is -1.46. The molecule has 1 heterocycles. The number of aromatic nitrogens is 1. The number of nitrogen functional groups attached to an aromatic ring is 1. The van der Waals surface area contributed by atoms with E-state index in [0.29, 0.717) is 4.47 Å². The zero-order chi connectivity index (χ0) is 13.3. The van der Waals surface area contributed by atoms with E-state index >= 15 is 0 Å². The Morgan fingerprint density at radius 2 is 2.11 bits per heavy atom. The fraction of sp³-hybridized carbons (Fsp3) is 0. The van der Waals surface area contributed by atoms with Crippen LogP contribution >= 0.6 is 27.5 Å². The highest BCUT2D eigenvalue weighted by molar-refractivity contribution is 9.10. The minimum atomic E-state index is -0.791. The third kappa shape index (κ3) is 2.23. The Bertz CT molecular complexity index is 633. The van der Waals surface area contributed by atoms with Crippen molar-refractivity contribution >= 4 is 39.0 Å². The molecule has 1 aromatic heterocycles. The van der Waals surface area contributed by atoms with E-state index in [4.69, 9.17) is 17.3 Å². The average molecular weight is 330 g/mol. The fourth-order valence-corrected chi connectivity index (χ4v) is 1.91. The number of anilines is 1. The summed E-state index contributed by atoms with van der Waals surface area (Å²) in [5, 5.41) is -0.143. The lowest BCUT2D eigenvalue weighted by atomic mass is 10.1. The van der Waals surface area contributed by atoms with Gasteiger partial charge in [-0.2, -0.15) is 0 Å². The van der Waals surface area contributed by atoms with Crippen molar-refractivity contribution < 1.29 is 9.18 Å². The molecule has 0 bridgehead atoms. The predicted molar refractivity (Wildman–Crippen MR) is 71.2 cm³/mol. The second-order valence-corrected chi connectivity index (χ2v) is 4.73. The van der Waals surface area contributed by atoms with Crippen molar-refractivity contribution in [2.24, 2.45) is 0 Å². The number of carbonyl (C=O) groups excluding carboxylic acids is 1. The molecular weight excluding hydrogens is 322 g/mol. The van der Waals surface area contributed by atoms with Gasteiger partial charge in [0.2, 0.25) is 5.78 Å². The van der Waals surface area contributed by atoms with Crippen molar-refractivity contribution in [3.05, 3.63) is 57.0 Å². The quantitative estimate of drug-likeness (QED) is 0.678. The van der Waals surface area contributed by atoms with Crippen LogP contribution in [0.15, 0.2) is 34.9 Å². The molecular formula is C12H7BrClFN2O. The minimum absolute atomic E-state index is 0.00906. The SMILES string of the molecule is Nc1cccnc1C(=O)c1ccc(Br)c(Cl)c1F. The molecule has 0 aliphatic carbocycles. The van der Waals surface area contributed by atoms with Crippen molar-refractivity contribution in [3.8, 4) is 0 Å². The summed E-state index contributed by atoms with van der Waals surface area (Å²) in [6.45, 7) is 0. The van der Waals surface area contributed by atoms with Crippen LogP contribution in [0.25, 0.3) is 0 Å². The second-order valence-electron chi connectivity index (χ2n) is 3.49. The van der Waals surface area contributed by atoms with Gasteiger partial charge in [-0.15, -0.1) is 0 Å². The summed E-state index contributed by atoms with van der Waals surface area (Å²) in [7, 11) is 0. The van der Waals surface area contributed by atoms with Gasteiger partial charge in [0.05, 0.1) is 16.3 Å². The molecule has 2 rings (SSSR count). The van der Waals surface area contributed by atoms with Gasteiger partial charge in [-0.1, -0.05) is 11.6 Å². The van der Waals surface area contributed by atoms with E-state index in [-0.39, 0.29) is 22.0 Å². The average Bonchev–Trinajstić information content (AvgIpc) is 2.36. The van der Waals surface area contributed by atoms with Gasteiger partial charge in [-0.05, 0) is 40.2 Å². The first-order valence-electron chi connectivity index (χ1n) is 4.91. The molecule has 92 valence electrons. The van der Waals surface area contributed by atoms with Crippen LogP contribution in [0, 0.1) is 5.82 Å². The molecule has 0 aliphatic rings. The number of hydrogen-bond donors (Lipinski definition) is 1. The molecule has 0 saturated carbocycles. The summed E-state index contributed by atoms with van der Waals surface area (Å²) < 4.78 is 14.3. The van der Waals surface area contributed by atoms with Crippen molar-refractivity contribution in [1.82, 2.24) is 4.98 Å². The van der Waals surface area contributed by atoms with E-state index in [1.807, 2.05) is 0 Å². The van der Waals surface area contributed by atoms with Gasteiger partial charge in [0.1, 0.15) is 5.69 Å². The largest absolute Gasteiger partial charge is 0.397 e. The highest BCUT2D eigenvalue weighted by Crippen LogP contribution is 2.29. The number of nitrogens with two attached hydrogens (primary N) is 1. The summed E-state index contributed by atoms with van der Waals surface area (Å²) in [5.41, 5.74) is 5.67. The number of rotatable bonds is 2. The van der Waals surface area contributed by atoms with Gasteiger partial charge < -0.3 is 5.73 Å². The van der Waals surface area contributed by atoms with E-state index < -0.39 is 11.6 Å². The summed E-state index contributed by atoms with van der Waals surface area (Å²) in [6, 6.07) is 5.95. The van der Waals surface area contributed by atoms with Gasteiger partial charge in [0, 0.05) is 10.7 Å². The maximum absolute atomic E-state index is 13.9. The molecule has 0 spiro atoms. The lowest BCUT2D eigenvalue weighted by molar-refractivity contribution is 0.103. The summed E-state index contributed by atoms with van der Waals surface area (Å²) in [6.07, 6.45) is 1.42. The standard InChI is InChI=1S/C12H7BrClFN2O/c13-7-4-3-6(10(15)9(7)14)12(18)11-8(16)2-1-5-17-11/h1-5H,16H2. The third-order valence-electron chi connectivity index (χ3n) is 2.33. The van der Waals surface area contributed by atoms with Gasteiger partial charge in [-0.25, -0.2) is 4.39 Å². The van der Waals surface area contributed by atoms with Crippen LogP contribution < -0.4 is 5.73 Å². The second kappa shape index (κ2) is 5.04. The predicted octanol–water partition coefficient (Wildman–Crippen LogP) is 3.45. The number of carbonyl (C=O) groups is 1. The first-order chi connectivity index (χ1) is 8.52.